The highest BCUT2D eigenvalue weighted by Crippen LogP contribution is 2.42. The number of hydrogen-bond donors (Lipinski definition) is 0. The van der Waals surface area contributed by atoms with Gasteiger partial charge in [0, 0.05) is 17.3 Å². The molecule has 6 heteroatoms. The van der Waals surface area contributed by atoms with Crippen molar-refractivity contribution in [1.29, 1.82) is 5.26 Å². The van der Waals surface area contributed by atoms with Crippen LogP contribution in [0.1, 0.15) is 25.7 Å². The molecule has 20 heavy (non-hydrogen) atoms. The highest BCUT2D eigenvalue weighted by atomic mass is 35.5. The maximum atomic E-state index is 12.6. The second-order valence-corrected chi connectivity index (χ2v) is 7.26. The molecular formula is C14H13ClN2O2S. The minimum atomic E-state index is -3.75. The van der Waals surface area contributed by atoms with Gasteiger partial charge in [0.15, 0.2) is 4.91 Å². The summed E-state index contributed by atoms with van der Waals surface area (Å²) in [5.74, 6) is 0. The van der Waals surface area contributed by atoms with Crippen molar-refractivity contribution in [3.05, 3.63) is 33.8 Å². The average molecular weight is 309 g/mol. The first-order valence-corrected chi connectivity index (χ1v) is 8.37. The highest BCUT2D eigenvalue weighted by molar-refractivity contribution is 7.95. The molecule has 0 bridgehead atoms. The predicted molar refractivity (Wildman–Crippen MR) is 77.1 cm³/mol. The van der Waals surface area contributed by atoms with Crippen LogP contribution in [0.3, 0.4) is 0 Å². The minimum Gasteiger partial charge on any atom is -0.342 e. The van der Waals surface area contributed by atoms with Crippen LogP contribution >= 0.6 is 11.6 Å². The lowest BCUT2D eigenvalue weighted by Crippen LogP contribution is -2.30. The number of allylic oxidation sites excluding steroid dienone is 2. The minimum absolute atomic E-state index is 0.117. The molecule has 0 unspecified atom stereocenters. The quantitative estimate of drug-likeness (QED) is 0.738. The molecule has 0 radical (unpaired) electrons. The number of fused-ring (bicyclic) bond motifs is 3. The van der Waals surface area contributed by atoms with Crippen molar-refractivity contribution in [2.24, 2.45) is 0 Å². The molecule has 4 nitrogen and oxygen atoms in total. The van der Waals surface area contributed by atoms with Crippen LogP contribution in [0.25, 0.3) is 0 Å². The molecule has 1 saturated heterocycles. The summed E-state index contributed by atoms with van der Waals surface area (Å²) < 4.78 is 25.2. The van der Waals surface area contributed by atoms with Gasteiger partial charge in [-0.15, -0.1) is 0 Å². The molecule has 0 atom stereocenters. The van der Waals surface area contributed by atoms with Gasteiger partial charge in [-0.2, -0.15) is 5.26 Å². The van der Waals surface area contributed by atoms with E-state index in [2.05, 4.69) is 0 Å². The molecule has 0 saturated carbocycles. The van der Waals surface area contributed by atoms with Crippen molar-refractivity contribution in [3.8, 4) is 6.07 Å². The van der Waals surface area contributed by atoms with E-state index in [4.69, 9.17) is 11.6 Å². The number of benzene rings is 1. The van der Waals surface area contributed by atoms with Gasteiger partial charge in [-0.1, -0.05) is 18.0 Å². The Morgan fingerprint density at radius 1 is 1.25 bits per heavy atom. The lowest BCUT2D eigenvalue weighted by molar-refractivity contribution is 0.600. The maximum Gasteiger partial charge on any atom is 0.220 e. The fraction of sp³-hybridized carbons (Fsp3) is 0.357. The summed E-state index contributed by atoms with van der Waals surface area (Å²) in [7, 11) is -3.75. The van der Waals surface area contributed by atoms with Crippen molar-refractivity contribution in [3.63, 3.8) is 0 Å². The van der Waals surface area contributed by atoms with Gasteiger partial charge in [-0.05, 0) is 37.5 Å². The van der Waals surface area contributed by atoms with Gasteiger partial charge < -0.3 is 4.90 Å². The summed E-state index contributed by atoms with van der Waals surface area (Å²) in [4.78, 5) is 2.00. The van der Waals surface area contributed by atoms with E-state index in [0.29, 0.717) is 22.8 Å². The Balaban J connectivity index is 2.33. The normalized spacial score (nSPS) is 20.7. The van der Waals surface area contributed by atoms with Crippen molar-refractivity contribution >= 4 is 27.1 Å². The molecule has 0 amide bonds. The fourth-order valence-electron chi connectivity index (χ4n) is 2.83. The van der Waals surface area contributed by atoms with Crippen LogP contribution in [-0.2, 0) is 9.84 Å². The lowest BCUT2D eigenvalue weighted by Gasteiger charge is -2.32. The number of nitrogens with zero attached hydrogens (tertiary/aromatic N) is 2. The van der Waals surface area contributed by atoms with Gasteiger partial charge in [0.25, 0.3) is 0 Å². The Hall–Kier alpha value is -1.51. The molecule has 0 aromatic heterocycles. The lowest BCUT2D eigenvalue weighted by atomic mass is 10.2. The van der Waals surface area contributed by atoms with Crippen LogP contribution in [0, 0.1) is 11.3 Å². The van der Waals surface area contributed by atoms with Crippen molar-refractivity contribution in [2.45, 2.75) is 30.6 Å². The van der Waals surface area contributed by atoms with E-state index in [0.717, 1.165) is 25.8 Å². The number of rotatable bonds is 0. The highest BCUT2D eigenvalue weighted by Gasteiger charge is 2.37. The van der Waals surface area contributed by atoms with Gasteiger partial charge in [0.2, 0.25) is 9.84 Å². The van der Waals surface area contributed by atoms with E-state index < -0.39 is 9.84 Å². The number of hydrogen-bond acceptors (Lipinski definition) is 4. The first-order chi connectivity index (χ1) is 9.55. The SMILES string of the molecule is N#CC1=C2CCCCCN2c2ccc(Cl)cc2S1(=O)=O. The zero-order chi connectivity index (χ0) is 14.3. The zero-order valence-corrected chi connectivity index (χ0v) is 12.3. The molecule has 104 valence electrons. The number of nitriles is 1. The summed E-state index contributed by atoms with van der Waals surface area (Å²) in [6.07, 6.45) is 3.58. The summed E-state index contributed by atoms with van der Waals surface area (Å²) in [6.45, 7) is 0.741. The van der Waals surface area contributed by atoms with Crippen molar-refractivity contribution < 1.29 is 8.42 Å². The second kappa shape index (κ2) is 4.80. The fourth-order valence-corrected chi connectivity index (χ4v) is 4.66. The average Bonchev–Trinajstić information content (AvgIpc) is 2.65. The van der Waals surface area contributed by atoms with Crippen molar-refractivity contribution in [1.82, 2.24) is 0 Å². The Labute approximate surface area is 123 Å². The molecule has 0 spiro atoms. The largest absolute Gasteiger partial charge is 0.342 e. The number of anilines is 1. The molecule has 2 heterocycles. The molecule has 2 aliphatic heterocycles. The predicted octanol–water partition coefficient (Wildman–Crippen LogP) is 3.24. The molecular weight excluding hydrogens is 296 g/mol. The standard InChI is InChI=1S/C14H13ClN2O2S/c15-10-5-6-12-13(8-10)20(18,19)14(9-16)11-4-2-1-3-7-17(11)12/h5-6,8H,1-4,7H2. The van der Waals surface area contributed by atoms with Crippen LogP contribution in [0.4, 0.5) is 5.69 Å². The topological polar surface area (TPSA) is 61.2 Å². The van der Waals surface area contributed by atoms with E-state index in [1.807, 2.05) is 11.0 Å². The molecule has 2 aliphatic rings. The summed E-state index contributed by atoms with van der Waals surface area (Å²) >= 11 is 5.92. The number of sulfone groups is 1. The third kappa shape index (κ3) is 1.91. The van der Waals surface area contributed by atoms with Crippen LogP contribution in [0.5, 0.6) is 0 Å². The van der Waals surface area contributed by atoms with Crippen LogP contribution in [0.15, 0.2) is 33.7 Å². The Morgan fingerprint density at radius 3 is 2.80 bits per heavy atom. The van der Waals surface area contributed by atoms with E-state index in [1.54, 1.807) is 12.1 Å². The van der Waals surface area contributed by atoms with Gasteiger partial charge in [-0.3, -0.25) is 0 Å². The zero-order valence-electron chi connectivity index (χ0n) is 10.8. The maximum absolute atomic E-state index is 12.6. The van der Waals surface area contributed by atoms with E-state index in [1.165, 1.54) is 6.07 Å². The van der Waals surface area contributed by atoms with E-state index >= 15 is 0 Å². The molecule has 0 aliphatic carbocycles. The van der Waals surface area contributed by atoms with Gasteiger partial charge in [-0.25, -0.2) is 8.42 Å². The number of halogens is 1. The second-order valence-electron chi connectivity index (χ2n) is 4.97. The monoisotopic (exact) mass is 308 g/mol. The third-order valence-corrected chi connectivity index (χ3v) is 5.76. The van der Waals surface area contributed by atoms with E-state index in [-0.39, 0.29) is 9.80 Å². The summed E-state index contributed by atoms with van der Waals surface area (Å²) in [6, 6.07) is 6.75. The smallest absolute Gasteiger partial charge is 0.220 e. The van der Waals surface area contributed by atoms with Crippen LogP contribution in [0.2, 0.25) is 5.02 Å². The first-order valence-electron chi connectivity index (χ1n) is 6.51. The molecule has 1 aromatic rings. The molecule has 0 N–H and O–H groups in total. The molecule has 3 rings (SSSR count). The summed E-state index contributed by atoms with van der Waals surface area (Å²) in [5.41, 5.74) is 1.28. The molecule has 1 fully saturated rings. The van der Waals surface area contributed by atoms with Gasteiger partial charge >= 0.3 is 0 Å². The van der Waals surface area contributed by atoms with Crippen LogP contribution in [-0.4, -0.2) is 15.0 Å². The van der Waals surface area contributed by atoms with Crippen LogP contribution < -0.4 is 4.90 Å². The Kier molecular flexibility index (Phi) is 3.23. The van der Waals surface area contributed by atoms with Gasteiger partial charge in [0.05, 0.1) is 10.6 Å². The first kappa shape index (κ1) is 13.5. The molecule has 1 aromatic carbocycles. The Bertz CT molecular complexity index is 747. The Morgan fingerprint density at radius 2 is 2.05 bits per heavy atom. The third-order valence-electron chi connectivity index (χ3n) is 3.76. The van der Waals surface area contributed by atoms with E-state index in [9.17, 15) is 13.7 Å². The summed E-state index contributed by atoms with van der Waals surface area (Å²) in [5, 5.41) is 9.67. The van der Waals surface area contributed by atoms with Gasteiger partial charge in [0.1, 0.15) is 6.07 Å². The van der Waals surface area contributed by atoms with Crippen molar-refractivity contribution in [2.75, 3.05) is 11.4 Å².